The zero-order valence-electron chi connectivity index (χ0n) is 16.6. The molecule has 4 nitrogen and oxygen atoms in total. The van der Waals surface area contributed by atoms with Gasteiger partial charge in [-0.05, 0) is 30.4 Å². The first-order valence-electron chi connectivity index (χ1n) is 9.85. The highest BCUT2D eigenvalue weighted by molar-refractivity contribution is 5.79. The van der Waals surface area contributed by atoms with Crippen LogP contribution in [-0.2, 0) is 4.74 Å². The number of nitrogens with one attached hydrogen (secondary N) is 2. The Balaban J connectivity index is 1.49. The van der Waals surface area contributed by atoms with Crippen LogP contribution in [0.15, 0.2) is 59.6 Å². The number of nitrogens with zero attached hydrogens (tertiary/aromatic N) is 1. The minimum Gasteiger partial charge on any atom is -0.373 e. The summed E-state index contributed by atoms with van der Waals surface area (Å²) >= 11 is 0. The number of rotatable bonds is 6. The third-order valence-electron chi connectivity index (χ3n) is 5.32. The van der Waals surface area contributed by atoms with Crippen molar-refractivity contribution in [3.05, 3.63) is 71.3 Å². The molecule has 3 unspecified atom stereocenters. The second-order valence-electron chi connectivity index (χ2n) is 7.40. The van der Waals surface area contributed by atoms with Crippen LogP contribution in [0, 0.1) is 12.8 Å². The lowest BCUT2D eigenvalue weighted by Gasteiger charge is -2.21. The zero-order chi connectivity index (χ0) is 19.1. The van der Waals surface area contributed by atoms with E-state index in [4.69, 9.17) is 4.74 Å². The van der Waals surface area contributed by atoms with Gasteiger partial charge in [0.1, 0.15) is 0 Å². The quantitative estimate of drug-likeness (QED) is 0.600. The Bertz CT molecular complexity index is 727. The minimum atomic E-state index is 0.170. The Labute approximate surface area is 163 Å². The smallest absolute Gasteiger partial charge is 0.191 e. The molecule has 144 valence electrons. The summed E-state index contributed by atoms with van der Waals surface area (Å²) in [6.45, 7) is 6.89. The van der Waals surface area contributed by atoms with E-state index >= 15 is 0 Å². The summed E-state index contributed by atoms with van der Waals surface area (Å²) in [5, 5.41) is 6.94. The van der Waals surface area contributed by atoms with Gasteiger partial charge in [0.05, 0.1) is 6.10 Å². The Morgan fingerprint density at radius 1 is 1.11 bits per heavy atom. The van der Waals surface area contributed by atoms with Gasteiger partial charge in [-0.3, -0.25) is 4.99 Å². The van der Waals surface area contributed by atoms with E-state index in [0.29, 0.717) is 11.8 Å². The van der Waals surface area contributed by atoms with Crippen LogP contribution in [0.25, 0.3) is 0 Å². The highest BCUT2D eigenvalue weighted by Crippen LogP contribution is 2.33. The average molecular weight is 366 g/mol. The first kappa shape index (κ1) is 19.4. The molecule has 0 saturated carbocycles. The van der Waals surface area contributed by atoms with E-state index in [-0.39, 0.29) is 6.10 Å². The van der Waals surface area contributed by atoms with Gasteiger partial charge in [0.25, 0.3) is 0 Å². The van der Waals surface area contributed by atoms with Gasteiger partial charge in [-0.2, -0.15) is 0 Å². The number of hydrogen-bond acceptors (Lipinski definition) is 2. The molecule has 1 saturated heterocycles. The van der Waals surface area contributed by atoms with E-state index in [2.05, 4.69) is 78.0 Å². The van der Waals surface area contributed by atoms with Crippen molar-refractivity contribution in [1.82, 2.24) is 10.6 Å². The monoisotopic (exact) mass is 365 g/mol. The van der Waals surface area contributed by atoms with Crippen molar-refractivity contribution >= 4 is 5.96 Å². The maximum absolute atomic E-state index is 5.98. The molecule has 3 atom stereocenters. The number of benzene rings is 2. The van der Waals surface area contributed by atoms with Gasteiger partial charge in [-0.15, -0.1) is 0 Å². The normalized spacial score (nSPS) is 21.1. The molecule has 0 amide bonds. The van der Waals surface area contributed by atoms with Gasteiger partial charge in [-0.1, -0.05) is 67.1 Å². The number of guanidine groups is 1. The summed E-state index contributed by atoms with van der Waals surface area (Å²) in [7, 11) is 1.83. The van der Waals surface area contributed by atoms with Crippen molar-refractivity contribution in [2.75, 3.05) is 26.7 Å². The molecule has 0 aromatic heterocycles. The van der Waals surface area contributed by atoms with Crippen LogP contribution in [0.4, 0.5) is 0 Å². The predicted octanol–water partition coefficient (Wildman–Crippen LogP) is 4.04. The average Bonchev–Trinajstić information content (AvgIpc) is 3.18. The lowest BCUT2D eigenvalue weighted by Crippen LogP contribution is -2.41. The van der Waals surface area contributed by atoms with Gasteiger partial charge < -0.3 is 15.4 Å². The molecule has 2 aromatic carbocycles. The number of hydrogen-bond donors (Lipinski definition) is 2. The van der Waals surface area contributed by atoms with Crippen molar-refractivity contribution in [2.45, 2.75) is 32.3 Å². The molecule has 2 N–H and O–H groups in total. The zero-order valence-corrected chi connectivity index (χ0v) is 16.6. The largest absolute Gasteiger partial charge is 0.373 e. The molecule has 0 radical (unpaired) electrons. The van der Waals surface area contributed by atoms with Gasteiger partial charge in [0.2, 0.25) is 0 Å². The molecule has 0 bridgehead atoms. The van der Waals surface area contributed by atoms with Crippen LogP contribution in [-0.4, -0.2) is 32.7 Å². The summed E-state index contributed by atoms with van der Waals surface area (Å²) in [4.78, 5) is 4.38. The predicted molar refractivity (Wildman–Crippen MR) is 112 cm³/mol. The van der Waals surface area contributed by atoms with Crippen LogP contribution in [0.1, 0.15) is 42.1 Å². The summed E-state index contributed by atoms with van der Waals surface area (Å²) in [5.41, 5.74) is 3.90. The third-order valence-corrected chi connectivity index (χ3v) is 5.32. The van der Waals surface area contributed by atoms with Crippen LogP contribution in [0.2, 0.25) is 0 Å². The Kier molecular flexibility index (Phi) is 6.88. The molecule has 0 aliphatic carbocycles. The van der Waals surface area contributed by atoms with E-state index in [1.807, 2.05) is 13.1 Å². The summed E-state index contributed by atoms with van der Waals surface area (Å²) in [6, 6.07) is 19.3. The molecular weight excluding hydrogens is 334 g/mol. The maximum atomic E-state index is 5.98. The summed E-state index contributed by atoms with van der Waals surface area (Å²) in [5.74, 6) is 1.74. The summed E-state index contributed by atoms with van der Waals surface area (Å²) in [6.07, 6.45) is 1.24. The van der Waals surface area contributed by atoms with Crippen molar-refractivity contribution in [3.8, 4) is 0 Å². The third kappa shape index (κ3) is 5.33. The Morgan fingerprint density at radius 2 is 1.85 bits per heavy atom. The van der Waals surface area contributed by atoms with Crippen molar-refractivity contribution < 1.29 is 4.74 Å². The van der Waals surface area contributed by atoms with Crippen molar-refractivity contribution in [3.63, 3.8) is 0 Å². The highest BCUT2D eigenvalue weighted by atomic mass is 16.5. The van der Waals surface area contributed by atoms with E-state index in [1.165, 1.54) is 16.7 Å². The molecule has 3 rings (SSSR count). The SMILES string of the molecule is CN=C(NCC(C)c1ccc(C)cc1)NCC1CCOC1c1ccccc1. The van der Waals surface area contributed by atoms with Crippen molar-refractivity contribution in [2.24, 2.45) is 10.9 Å². The fraction of sp³-hybridized carbons (Fsp3) is 0.435. The Morgan fingerprint density at radius 3 is 2.56 bits per heavy atom. The van der Waals surface area contributed by atoms with Gasteiger partial charge in [0, 0.05) is 32.7 Å². The second-order valence-corrected chi connectivity index (χ2v) is 7.40. The van der Waals surface area contributed by atoms with Gasteiger partial charge >= 0.3 is 0 Å². The van der Waals surface area contributed by atoms with Crippen molar-refractivity contribution in [1.29, 1.82) is 0 Å². The highest BCUT2D eigenvalue weighted by Gasteiger charge is 2.29. The maximum Gasteiger partial charge on any atom is 0.191 e. The lowest BCUT2D eigenvalue weighted by molar-refractivity contribution is 0.0915. The molecule has 2 aromatic rings. The topological polar surface area (TPSA) is 45.7 Å². The molecule has 27 heavy (non-hydrogen) atoms. The standard InChI is InChI=1S/C23H31N3O/c1-17-9-11-19(12-10-17)18(2)15-25-23(24-3)26-16-21-13-14-27-22(21)20-7-5-4-6-8-20/h4-12,18,21-22H,13-16H2,1-3H3,(H2,24,25,26). The Hall–Kier alpha value is -2.33. The van der Waals surface area contributed by atoms with Gasteiger partial charge in [-0.25, -0.2) is 0 Å². The van der Waals surface area contributed by atoms with E-state index in [9.17, 15) is 0 Å². The first-order valence-corrected chi connectivity index (χ1v) is 9.85. The van der Waals surface area contributed by atoms with E-state index in [0.717, 1.165) is 32.1 Å². The number of aryl methyl sites for hydroxylation is 1. The summed E-state index contributed by atoms with van der Waals surface area (Å²) < 4.78 is 5.98. The molecule has 1 aliphatic heterocycles. The van der Waals surface area contributed by atoms with Crippen LogP contribution >= 0.6 is 0 Å². The first-order chi connectivity index (χ1) is 13.2. The molecule has 0 spiro atoms. The van der Waals surface area contributed by atoms with Crippen LogP contribution in [0.5, 0.6) is 0 Å². The fourth-order valence-electron chi connectivity index (χ4n) is 3.57. The molecule has 4 heteroatoms. The molecule has 1 aliphatic rings. The van der Waals surface area contributed by atoms with Gasteiger partial charge in [0.15, 0.2) is 5.96 Å². The lowest BCUT2D eigenvalue weighted by atomic mass is 9.95. The minimum absolute atomic E-state index is 0.170. The van der Waals surface area contributed by atoms with Crippen LogP contribution < -0.4 is 10.6 Å². The van der Waals surface area contributed by atoms with E-state index < -0.39 is 0 Å². The second kappa shape index (κ2) is 9.56. The molecule has 1 fully saturated rings. The molecular formula is C23H31N3O. The number of ether oxygens (including phenoxy) is 1. The van der Waals surface area contributed by atoms with E-state index in [1.54, 1.807) is 0 Å². The van der Waals surface area contributed by atoms with Crippen LogP contribution in [0.3, 0.4) is 0 Å². The fourth-order valence-corrected chi connectivity index (χ4v) is 3.57. The molecule has 1 heterocycles. The number of aliphatic imine (C=N–C) groups is 1.